The van der Waals surface area contributed by atoms with Crippen molar-refractivity contribution in [2.45, 2.75) is 52.0 Å². The van der Waals surface area contributed by atoms with Crippen molar-refractivity contribution < 1.29 is 4.79 Å². The van der Waals surface area contributed by atoms with Gasteiger partial charge in [0.25, 0.3) is 0 Å². The highest BCUT2D eigenvalue weighted by molar-refractivity contribution is 7.07. The molecule has 130 valence electrons. The third kappa shape index (κ3) is 3.77. The second-order valence-corrected chi connectivity index (χ2v) is 7.09. The fourth-order valence-electron chi connectivity index (χ4n) is 3.46. The van der Waals surface area contributed by atoms with Crippen LogP contribution in [0.3, 0.4) is 0 Å². The average Bonchev–Trinajstić information content (AvgIpc) is 3.11. The molecular weight excluding hydrogens is 322 g/mol. The van der Waals surface area contributed by atoms with Crippen molar-refractivity contribution in [2.75, 3.05) is 13.1 Å². The average molecular weight is 347 g/mol. The second kappa shape index (κ2) is 7.79. The number of carbonyl (C=O) groups is 1. The lowest BCUT2D eigenvalue weighted by atomic mass is 9.99. The molecule has 1 saturated heterocycles. The van der Waals surface area contributed by atoms with Crippen molar-refractivity contribution in [1.82, 2.24) is 25.4 Å². The van der Waals surface area contributed by atoms with E-state index < -0.39 is 0 Å². The van der Waals surface area contributed by atoms with Crippen LogP contribution in [0.4, 0.5) is 4.79 Å². The van der Waals surface area contributed by atoms with E-state index in [9.17, 15) is 4.79 Å². The van der Waals surface area contributed by atoms with E-state index in [1.807, 2.05) is 29.6 Å². The van der Waals surface area contributed by atoms with Gasteiger partial charge in [0.15, 0.2) is 0 Å². The molecule has 0 spiro atoms. The first-order valence-corrected chi connectivity index (χ1v) is 9.54. The number of hydrogen-bond donors (Lipinski definition) is 2. The SMILES string of the molecule is Cc1n[nH]c(C)c1C1CCCCCN1C(=O)NCCc1cscn1. The third-order valence-corrected chi connectivity index (χ3v) is 5.31. The summed E-state index contributed by atoms with van der Waals surface area (Å²) in [6.45, 7) is 5.48. The molecule has 2 aromatic rings. The van der Waals surface area contributed by atoms with Crippen molar-refractivity contribution >= 4 is 17.4 Å². The highest BCUT2D eigenvalue weighted by Gasteiger charge is 2.29. The Kier molecular flexibility index (Phi) is 5.50. The first-order chi connectivity index (χ1) is 11.7. The summed E-state index contributed by atoms with van der Waals surface area (Å²) in [5.74, 6) is 0. The Morgan fingerprint density at radius 3 is 3.00 bits per heavy atom. The molecular formula is C17H25N5OS. The monoisotopic (exact) mass is 347 g/mol. The minimum Gasteiger partial charge on any atom is -0.338 e. The van der Waals surface area contributed by atoms with Crippen molar-refractivity contribution in [3.63, 3.8) is 0 Å². The van der Waals surface area contributed by atoms with Gasteiger partial charge < -0.3 is 10.2 Å². The van der Waals surface area contributed by atoms with Crippen LogP contribution in [-0.4, -0.2) is 39.2 Å². The smallest absolute Gasteiger partial charge is 0.317 e. The predicted molar refractivity (Wildman–Crippen MR) is 95.2 cm³/mol. The highest BCUT2D eigenvalue weighted by Crippen LogP contribution is 2.33. The fraction of sp³-hybridized carbons (Fsp3) is 0.588. The van der Waals surface area contributed by atoms with Crippen molar-refractivity contribution in [3.05, 3.63) is 33.5 Å². The summed E-state index contributed by atoms with van der Waals surface area (Å²) < 4.78 is 0. The molecule has 3 heterocycles. The topological polar surface area (TPSA) is 73.9 Å². The Hall–Kier alpha value is -1.89. The summed E-state index contributed by atoms with van der Waals surface area (Å²) in [6.07, 6.45) is 5.16. The van der Waals surface area contributed by atoms with E-state index in [-0.39, 0.29) is 12.1 Å². The molecule has 6 nitrogen and oxygen atoms in total. The van der Waals surface area contributed by atoms with Crippen molar-refractivity contribution in [2.24, 2.45) is 0 Å². The number of carbonyl (C=O) groups excluding carboxylic acids is 1. The van der Waals surface area contributed by atoms with Gasteiger partial charge in [0.05, 0.1) is 22.9 Å². The minimum absolute atomic E-state index is 0.0251. The molecule has 1 fully saturated rings. The molecule has 1 aliphatic heterocycles. The first-order valence-electron chi connectivity index (χ1n) is 8.60. The number of likely N-dealkylation sites (tertiary alicyclic amines) is 1. The number of aromatic nitrogens is 3. The van der Waals surface area contributed by atoms with E-state index in [0.29, 0.717) is 6.54 Å². The van der Waals surface area contributed by atoms with Crippen LogP contribution in [0.2, 0.25) is 0 Å². The maximum atomic E-state index is 12.8. The largest absolute Gasteiger partial charge is 0.338 e. The molecule has 24 heavy (non-hydrogen) atoms. The van der Waals surface area contributed by atoms with E-state index in [0.717, 1.165) is 49.3 Å². The zero-order chi connectivity index (χ0) is 16.9. The van der Waals surface area contributed by atoms with Crippen LogP contribution in [0, 0.1) is 13.8 Å². The van der Waals surface area contributed by atoms with Gasteiger partial charge in [-0.3, -0.25) is 5.10 Å². The number of urea groups is 1. The summed E-state index contributed by atoms with van der Waals surface area (Å²) in [6, 6.07) is 0.141. The Morgan fingerprint density at radius 1 is 1.42 bits per heavy atom. The third-order valence-electron chi connectivity index (χ3n) is 4.67. The van der Waals surface area contributed by atoms with Gasteiger partial charge in [-0.1, -0.05) is 12.8 Å². The van der Waals surface area contributed by atoms with Crippen molar-refractivity contribution in [3.8, 4) is 0 Å². The van der Waals surface area contributed by atoms with Gasteiger partial charge in [-0.25, -0.2) is 9.78 Å². The number of H-pyrrole nitrogens is 1. The lowest BCUT2D eigenvalue weighted by molar-refractivity contribution is 0.175. The minimum atomic E-state index is 0.0251. The summed E-state index contributed by atoms with van der Waals surface area (Å²) in [5.41, 5.74) is 6.12. The molecule has 0 radical (unpaired) electrons. The Morgan fingerprint density at radius 2 is 2.29 bits per heavy atom. The summed E-state index contributed by atoms with van der Waals surface area (Å²) in [4.78, 5) is 19.0. The van der Waals surface area contributed by atoms with Crippen LogP contribution >= 0.6 is 11.3 Å². The number of amides is 2. The van der Waals surface area contributed by atoms with E-state index >= 15 is 0 Å². The number of thiazole rings is 1. The molecule has 0 saturated carbocycles. The maximum absolute atomic E-state index is 12.8. The Labute approximate surface area is 146 Å². The zero-order valence-electron chi connectivity index (χ0n) is 14.3. The van der Waals surface area contributed by atoms with Crippen molar-refractivity contribution in [1.29, 1.82) is 0 Å². The second-order valence-electron chi connectivity index (χ2n) is 6.37. The van der Waals surface area contributed by atoms with Crippen LogP contribution in [0.5, 0.6) is 0 Å². The molecule has 0 aromatic carbocycles. The molecule has 2 aromatic heterocycles. The lowest BCUT2D eigenvalue weighted by Gasteiger charge is -2.30. The number of hydrogen-bond acceptors (Lipinski definition) is 4. The van der Waals surface area contributed by atoms with Gasteiger partial charge in [-0.15, -0.1) is 11.3 Å². The Balaban J connectivity index is 1.68. The van der Waals surface area contributed by atoms with Gasteiger partial charge in [-0.2, -0.15) is 5.10 Å². The molecule has 0 bridgehead atoms. The van der Waals surface area contributed by atoms with E-state index in [2.05, 4.69) is 20.5 Å². The van der Waals surface area contributed by atoms with Gasteiger partial charge in [0, 0.05) is 36.1 Å². The number of nitrogens with zero attached hydrogens (tertiary/aromatic N) is 3. The maximum Gasteiger partial charge on any atom is 0.317 e. The van der Waals surface area contributed by atoms with E-state index in [1.54, 1.807) is 11.3 Å². The molecule has 1 aliphatic rings. The first kappa shape index (κ1) is 17.0. The predicted octanol–water partition coefficient (Wildman–Crippen LogP) is 3.35. The summed E-state index contributed by atoms with van der Waals surface area (Å²) >= 11 is 1.59. The molecule has 2 amide bonds. The number of aromatic amines is 1. The van der Waals surface area contributed by atoms with E-state index in [4.69, 9.17) is 0 Å². The van der Waals surface area contributed by atoms with Crippen LogP contribution in [0.15, 0.2) is 10.9 Å². The quantitative estimate of drug-likeness (QED) is 0.891. The van der Waals surface area contributed by atoms with Crippen LogP contribution in [0.25, 0.3) is 0 Å². The summed E-state index contributed by atoms with van der Waals surface area (Å²) in [5, 5.41) is 12.5. The zero-order valence-corrected chi connectivity index (χ0v) is 15.2. The van der Waals surface area contributed by atoms with E-state index in [1.165, 1.54) is 12.0 Å². The van der Waals surface area contributed by atoms with Crippen LogP contribution in [0.1, 0.15) is 54.4 Å². The standard InChI is InChI=1S/C17H25N5OS/c1-12-16(13(2)21-20-12)15-6-4-3-5-9-22(15)17(23)18-8-7-14-10-24-11-19-14/h10-11,15H,3-9H2,1-2H3,(H,18,23)(H,20,21). The van der Waals surface area contributed by atoms with Gasteiger partial charge in [0.2, 0.25) is 0 Å². The highest BCUT2D eigenvalue weighted by atomic mass is 32.1. The molecule has 2 N–H and O–H groups in total. The molecule has 7 heteroatoms. The molecule has 0 aliphatic carbocycles. The van der Waals surface area contributed by atoms with Gasteiger partial charge in [0.1, 0.15) is 0 Å². The summed E-state index contributed by atoms with van der Waals surface area (Å²) in [7, 11) is 0. The van der Waals surface area contributed by atoms with Gasteiger partial charge in [-0.05, 0) is 26.7 Å². The molecule has 1 unspecified atom stereocenters. The van der Waals surface area contributed by atoms with Gasteiger partial charge >= 0.3 is 6.03 Å². The lowest BCUT2D eigenvalue weighted by Crippen LogP contribution is -2.43. The van der Waals surface area contributed by atoms with Crippen LogP contribution in [-0.2, 0) is 6.42 Å². The molecule has 3 rings (SSSR count). The van der Waals surface area contributed by atoms with Crippen LogP contribution < -0.4 is 5.32 Å². The fourth-order valence-corrected chi connectivity index (χ4v) is 4.06. The Bertz CT molecular complexity index is 647. The number of rotatable bonds is 4. The normalized spacial score (nSPS) is 18.4. The number of nitrogens with one attached hydrogen (secondary N) is 2. The molecule has 1 atom stereocenters. The number of aryl methyl sites for hydroxylation is 2.